The van der Waals surface area contributed by atoms with Gasteiger partial charge in [0, 0.05) is 17.9 Å². The first-order valence-corrected chi connectivity index (χ1v) is 5.77. The summed E-state index contributed by atoms with van der Waals surface area (Å²) < 4.78 is 2.08. The highest BCUT2D eigenvalue weighted by molar-refractivity contribution is 5.69. The molecule has 90 valence electrons. The van der Waals surface area contributed by atoms with Crippen molar-refractivity contribution < 1.29 is 9.90 Å². The van der Waals surface area contributed by atoms with Crippen LogP contribution in [0.1, 0.15) is 31.7 Å². The van der Waals surface area contributed by atoms with Gasteiger partial charge < -0.3 is 9.67 Å². The van der Waals surface area contributed by atoms with Crippen molar-refractivity contribution in [2.24, 2.45) is 11.8 Å². The number of hydrogen-bond donors (Lipinski definition) is 1. The Morgan fingerprint density at radius 1 is 1.31 bits per heavy atom. The third kappa shape index (κ3) is 3.12. The quantitative estimate of drug-likeness (QED) is 0.834. The molecule has 0 amide bonds. The molecule has 0 aliphatic carbocycles. The lowest BCUT2D eigenvalue weighted by Crippen LogP contribution is -2.22. The highest BCUT2D eigenvalue weighted by Crippen LogP contribution is 2.17. The molecule has 0 fully saturated rings. The lowest BCUT2D eigenvalue weighted by molar-refractivity contribution is -0.142. The molecule has 1 rings (SSSR count). The summed E-state index contributed by atoms with van der Waals surface area (Å²) in [6, 6.07) is 4.06. The Morgan fingerprint density at radius 2 is 1.81 bits per heavy atom. The molecule has 0 spiro atoms. The second-order valence-electron chi connectivity index (χ2n) is 4.89. The van der Waals surface area contributed by atoms with Gasteiger partial charge in [-0.1, -0.05) is 13.8 Å². The van der Waals surface area contributed by atoms with Gasteiger partial charge in [0.05, 0.1) is 5.92 Å². The normalized spacial score (nSPS) is 13.1. The molecule has 3 heteroatoms. The number of rotatable bonds is 5. The minimum Gasteiger partial charge on any atom is -0.481 e. The Balaban J connectivity index is 2.79. The van der Waals surface area contributed by atoms with Crippen LogP contribution >= 0.6 is 0 Å². The van der Waals surface area contributed by atoms with Crippen molar-refractivity contribution in [3.05, 3.63) is 23.5 Å². The van der Waals surface area contributed by atoms with Gasteiger partial charge >= 0.3 is 5.97 Å². The van der Waals surface area contributed by atoms with E-state index in [0.717, 1.165) is 17.8 Å². The van der Waals surface area contributed by atoms with E-state index in [-0.39, 0.29) is 5.92 Å². The maximum absolute atomic E-state index is 11.2. The Labute approximate surface area is 97.1 Å². The number of aliphatic carboxylic acids is 1. The summed E-state index contributed by atoms with van der Waals surface area (Å²) in [5.41, 5.74) is 2.26. The van der Waals surface area contributed by atoms with E-state index in [2.05, 4.69) is 18.4 Å². The molecule has 0 aliphatic heterocycles. The maximum Gasteiger partial charge on any atom is 0.308 e. The highest BCUT2D eigenvalue weighted by atomic mass is 16.4. The van der Waals surface area contributed by atoms with E-state index in [9.17, 15) is 9.90 Å². The van der Waals surface area contributed by atoms with E-state index in [1.165, 1.54) is 0 Å². The van der Waals surface area contributed by atoms with Gasteiger partial charge in [-0.2, -0.15) is 0 Å². The van der Waals surface area contributed by atoms with Crippen LogP contribution in [0.15, 0.2) is 12.1 Å². The van der Waals surface area contributed by atoms with Crippen molar-refractivity contribution in [2.75, 3.05) is 0 Å². The summed E-state index contributed by atoms with van der Waals surface area (Å²) >= 11 is 0. The summed E-state index contributed by atoms with van der Waals surface area (Å²) in [5, 5.41) is 9.19. The molecule has 3 nitrogen and oxygen atoms in total. The first kappa shape index (κ1) is 12.8. The van der Waals surface area contributed by atoms with Crippen LogP contribution in [0.2, 0.25) is 0 Å². The second-order valence-corrected chi connectivity index (χ2v) is 4.89. The summed E-state index contributed by atoms with van der Waals surface area (Å²) in [5.74, 6) is -0.566. The van der Waals surface area contributed by atoms with E-state index in [1.807, 2.05) is 26.0 Å². The number of carboxylic acid groups (broad SMARTS) is 1. The van der Waals surface area contributed by atoms with Crippen LogP contribution in [-0.2, 0) is 11.3 Å². The molecule has 16 heavy (non-hydrogen) atoms. The fourth-order valence-electron chi connectivity index (χ4n) is 2.03. The zero-order valence-electron chi connectivity index (χ0n) is 10.5. The third-order valence-electron chi connectivity index (χ3n) is 2.93. The standard InChI is InChI=1S/C13H21NO2/c1-9(2)7-12(13(15)16)8-14-10(3)5-6-11(14)4/h5-6,9,12H,7-8H2,1-4H3,(H,15,16). The molecule has 0 bridgehead atoms. The van der Waals surface area contributed by atoms with Crippen molar-refractivity contribution in [2.45, 2.75) is 40.7 Å². The van der Waals surface area contributed by atoms with Gasteiger partial charge in [0.2, 0.25) is 0 Å². The van der Waals surface area contributed by atoms with Crippen molar-refractivity contribution in [1.29, 1.82) is 0 Å². The highest BCUT2D eigenvalue weighted by Gasteiger charge is 2.20. The van der Waals surface area contributed by atoms with Crippen molar-refractivity contribution >= 4 is 5.97 Å². The predicted molar refractivity (Wildman–Crippen MR) is 64.5 cm³/mol. The summed E-state index contributed by atoms with van der Waals surface area (Å²) in [6.45, 7) is 8.73. The summed E-state index contributed by atoms with van der Waals surface area (Å²) in [4.78, 5) is 11.2. The van der Waals surface area contributed by atoms with E-state index in [0.29, 0.717) is 12.5 Å². The van der Waals surface area contributed by atoms with E-state index < -0.39 is 5.97 Å². The predicted octanol–water partition coefficient (Wildman–Crippen LogP) is 2.85. The van der Waals surface area contributed by atoms with Gasteiger partial charge in [-0.15, -0.1) is 0 Å². The molecule has 1 aromatic rings. The third-order valence-corrected chi connectivity index (χ3v) is 2.93. The Morgan fingerprint density at radius 3 is 2.19 bits per heavy atom. The molecular formula is C13H21NO2. The monoisotopic (exact) mass is 223 g/mol. The molecule has 0 saturated carbocycles. The van der Waals surface area contributed by atoms with Gasteiger partial charge in [-0.05, 0) is 38.3 Å². The smallest absolute Gasteiger partial charge is 0.308 e. The SMILES string of the molecule is Cc1ccc(C)n1CC(CC(C)C)C(=O)O. The van der Waals surface area contributed by atoms with Crippen molar-refractivity contribution in [3.8, 4) is 0 Å². The van der Waals surface area contributed by atoms with Crippen LogP contribution in [-0.4, -0.2) is 15.6 Å². The first-order valence-electron chi connectivity index (χ1n) is 5.77. The molecular weight excluding hydrogens is 202 g/mol. The van der Waals surface area contributed by atoms with Crippen molar-refractivity contribution in [1.82, 2.24) is 4.57 Å². The summed E-state index contributed by atoms with van der Waals surface area (Å²) in [6.07, 6.45) is 0.729. The molecule has 1 N–H and O–H groups in total. The number of hydrogen-bond acceptors (Lipinski definition) is 1. The Bertz CT molecular complexity index is 347. The lowest BCUT2D eigenvalue weighted by Gasteiger charge is -2.18. The fourth-order valence-corrected chi connectivity index (χ4v) is 2.03. The number of nitrogens with zero attached hydrogens (tertiary/aromatic N) is 1. The second kappa shape index (κ2) is 5.19. The fraction of sp³-hybridized carbons (Fsp3) is 0.615. The van der Waals surface area contributed by atoms with Crippen LogP contribution in [0, 0.1) is 25.7 Å². The largest absolute Gasteiger partial charge is 0.481 e. The Kier molecular flexibility index (Phi) is 4.16. The van der Waals surface area contributed by atoms with Gasteiger partial charge in [-0.25, -0.2) is 0 Å². The van der Waals surface area contributed by atoms with Crippen molar-refractivity contribution in [3.63, 3.8) is 0 Å². The van der Waals surface area contributed by atoms with Gasteiger partial charge in [0.25, 0.3) is 0 Å². The molecule has 0 aromatic carbocycles. The van der Waals surface area contributed by atoms with Gasteiger partial charge in [0.15, 0.2) is 0 Å². The minimum atomic E-state index is -0.693. The molecule has 0 radical (unpaired) electrons. The van der Waals surface area contributed by atoms with E-state index >= 15 is 0 Å². The molecule has 1 aromatic heterocycles. The van der Waals surface area contributed by atoms with Crippen LogP contribution in [0.4, 0.5) is 0 Å². The van der Waals surface area contributed by atoms with Crippen LogP contribution in [0.25, 0.3) is 0 Å². The average molecular weight is 223 g/mol. The van der Waals surface area contributed by atoms with Gasteiger partial charge in [-0.3, -0.25) is 4.79 Å². The minimum absolute atomic E-state index is 0.287. The Hall–Kier alpha value is -1.25. The number of carbonyl (C=O) groups is 1. The van der Waals surface area contributed by atoms with Crippen LogP contribution in [0.5, 0.6) is 0 Å². The van der Waals surface area contributed by atoms with Crippen LogP contribution in [0.3, 0.4) is 0 Å². The molecule has 1 atom stereocenters. The number of aromatic nitrogens is 1. The first-order chi connectivity index (χ1) is 7.41. The molecule has 1 heterocycles. The molecule has 1 unspecified atom stereocenters. The van der Waals surface area contributed by atoms with Crippen LogP contribution < -0.4 is 0 Å². The zero-order chi connectivity index (χ0) is 12.3. The number of aryl methyl sites for hydroxylation is 2. The topological polar surface area (TPSA) is 42.2 Å². The lowest BCUT2D eigenvalue weighted by atomic mass is 9.97. The average Bonchev–Trinajstić information content (AvgIpc) is 2.47. The van der Waals surface area contributed by atoms with E-state index in [1.54, 1.807) is 0 Å². The molecule has 0 saturated heterocycles. The molecule has 0 aliphatic rings. The zero-order valence-corrected chi connectivity index (χ0v) is 10.5. The summed E-state index contributed by atoms with van der Waals surface area (Å²) in [7, 11) is 0. The van der Waals surface area contributed by atoms with E-state index in [4.69, 9.17) is 0 Å². The number of carboxylic acids is 1. The van der Waals surface area contributed by atoms with Gasteiger partial charge in [0.1, 0.15) is 0 Å². The maximum atomic E-state index is 11.2.